The lowest BCUT2D eigenvalue weighted by Gasteiger charge is -2.42. The van der Waals surface area contributed by atoms with Crippen molar-refractivity contribution in [2.75, 3.05) is 18.0 Å². The lowest BCUT2D eigenvalue weighted by molar-refractivity contribution is 0.150. The number of nitrogens with one attached hydrogen (secondary N) is 2. The van der Waals surface area contributed by atoms with Gasteiger partial charge in [0.15, 0.2) is 10.0 Å². The number of hydrogen-bond donors (Lipinski definition) is 2. The molecule has 3 aromatic heterocycles. The second kappa shape index (κ2) is 8.89. The van der Waals surface area contributed by atoms with Crippen LogP contribution in [0.25, 0.3) is 16.1 Å². The van der Waals surface area contributed by atoms with Crippen LogP contribution in [-0.4, -0.2) is 58.4 Å². The first-order valence-corrected chi connectivity index (χ1v) is 14.8. The smallest absolute Gasteiger partial charge is 0.291 e. The van der Waals surface area contributed by atoms with Crippen LogP contribution in [0.3, 0.4) is 0 Å². The molecule has 0 spiro atoms. The normalized spacial score (nSPS) is 22.1. The number of piperazine rings is 1. The second-order valence-corrected chi connectivity index (χ2v) is 13.7. The van der Waals surface area contributed by atoms with Crippen molar-refractivity contribution in [2.24, 2.45) is 0 Å². The number of hydrogen-bond acceptors (Lipinski definition) is 10. The maximum Gasteiger partial charge on any atom is 0.291 e. The highest BCUT2D eigenvalue weighted by molar-refractivity contribution is 7.89. The SMILES string of the molecule is CC1(C)CN(c2cc(S(=O)(=O)NC3(C#N)CC3)cc3c(-c4nnc(C(F)F)s4)c(C4CC4)nn23)CC(C#N)N1. The first-order valence-electron chi connectivity index (χ1n) is 12.5. The number of aromatic nitrogens is 4. The van der Waals surface area contributed by atoms with E-state index in [1.165, 1.54) is 12.1 Å². The van der Waals surface area contributed by atoms with Gasteiger partial charge in [-0.1, -0.05) is 11.3 Å². The average Bonchev–Trinajstić information content (AvgIpc) is 3.78. The molecule has 0 aromatic carbocycles. The van der Waals surface area contributed by atoms with Crippen LogP contribution in [-0.2, 0) is 10.0 Å². The quantitative estimate of drug-likeness (QED) is 0.434. The largest absolute Gasteiger partial charge is 0.352 e. The van der Waals surface area contributed by atoms with Crippen molar-refractivity contribution in [2.45, 2.75) is 73.9 Å². The zero-order valence-corrected chi connectivity index (χ0v) is 22.8. The van der Waals surface area contributed by atoms with Crippen LogP contribution in [0.2, 0.25) is 0 Å². The minimum Gasteiger partial charge on any atom is -0.352 e. The van der Waals surface area contributed by atoms with Crippen LogP contribution in [0.15, 0.2) is 17.0 Å². The summed E-state index contributed by atoms with van der Waals surface area (Å²) in [5.41, 5.74) is -0.0942. The number of alkyl halides is 2. The van der Waals surface area contributed by atoms with Crippen molar-refractivity contribution < 1.29 is 17.2 Å². The number of halogens is 2. The first-order chi connectivity index (χ1) is 18.4. The number of sulfonamides is 1. The van der Waals surface area contributed by atoms with E-state index in [1.807, 2.05) is 24.8 Å². The molecule has 0 amide bonds. The van der Waals surface area contributed by atoms with Crippen molar-refractivity contribution in [3.05, 3.63) is 22.8 Å². The van der Waals surface area contributed by atoms with Gasteiger partial charge in [-0.2, -0.15) is 20.3 Å². The van der Waals surface area contributed by atoms with Crippen LogP contribution in [0.5, 0.6) is 0 Å². The Morgan fingerprint density at radius 3 is 2.56 bits per heavy atom. The van der Waals surface area contributed by atoms with Crippen LogP contribution in [0.4, 0.5) is 14.6 Å². The van der Waals surface area contributed by atoms with Gasteiger partial charge in [0, 0.05) is 30.6 Å². The van der Waals surface area contributed by atoms with Gasteiger partial charge in [0.25, 0.3) is 6.43 Å². The zero-order valence-electron chi connectivity index (χ0n) is 21.1. The number of nitriles is 2. The van der Waals surface area contributed by atoms with E-state index >= 15 is 0 Å². The predicted octanol–water partition coefficient (Wildman–Crippen LogP) is 3.08. The number of anilines is 1. The third-order valence-electron chi connectivity index (χ3n) is 7.16. The van der Waals surface area contributed by atoms with Crippen molar-refractivity contribution >= 4 is 32.7 Å². The fourth-order valence-corrected chi connectivity index (χ4v) is 7.21. The molecule has 0 bridgehead atoms. The van der Waals surface area contributed by atoms with E-state index in [0.29, 0.717) is 42.0 Å². The van der Waals surface area contributed by atoms with E-state index < -0.39 is 38.6 Å². The monoisotopic (exact) mass is 573 g/mol. The summed E-state index contributed by atoms with van der Waals surface area (Å²) in [5.74, 6) is 0.528. The highest BCUT2D eigenvalue weighted by atomic mass is 32.2. The number of nitrogens with zero attached hydrogens (tertiary/aromatic N) is 7. The van der Waals surface area contributed by atoms with Crippen LogP contribution in [0.1, 0.15) is 62.6 Å². The molecular formula is C24H25F2N9O2S2. The zero-order chi connectivity index (χ0) is 27.7. The molecule has 1 unspecified atom stereocenters. The van der Waals surface area contributed by atoms with Crippen LogP contribution < -0.4 is 14.9 Å². The molecule has 2 N–H and O–H groups in total. The molecule has 3 aliphatic rings. The molecule has 1 saturated heterocycles. The van der Waals surface area contributed by atoms with Crippen LogP contribution >= 0.6 is 11.3 Å². The Morgan fingerprint density at radius 2 is 1.97 bits per heavy atom. The third-order valence-corrected chi connectivity index (χ3v) is 9.62. The van der Waals surface area contributed by atoms with Crippen molar-refractivity contribution in [3.8, 4) is 22.7 Å². The lowest BCUT2D eigenvalue weighted by atomic mass is 9.99. The Kier molecular flexibility index (Phi) is 5.93. The van der Waals surface area contributed by atoms with E-state index in [0.717, 1.165) is 24.2 Å². The minimum atomic E-state index is -4.14. The Balaban J connectivity index is 1.58. The third kappa shape index (κ3) is 4.74. The lowest BCUT2D eigenvalue weighted by Crippen LogP contribution is -2.62. The Morgan fingerprint density at radius 1 is 1.23 bits per heavy atom. The van der Waals surface area contributed by atoms with Gasteiger partial charge in [0.05, 0.1) is 33.8 Å². The number of fused-ring (bicyclic) bond motifs is 1. The molecule has 6 rings (SSSR count). The summed E-state index contributed by atoms with van der Waals surface area (Å²) in [6, 6.07) is 6.72. The summed E-state index contributed by atoms with van der Waals surface area (Å²) in [7, 11) is -4.14. The summed E-state index contributed by atoms with van der Waals surface area (Å²) in [6.45, 7) is 4.62. The van der Waals surface area contributed by atoms with Gasteiger partial charge in [-0.15, -0.1) is 10.2 Å². The van der Waals surface area contributed by atoms with Gasteiger partial charge in [-0.3, -0.25) is 5.32 Å². The van der Waals surface area contributed by atoms with E-state index in [1.54, 1.807) is 4.52 Å². The maximum absolute atomic E-state index is 13.6. The van der Waals surface area contributed by atoms with Gasteiger partial charge in [0.1, 0.15) is 17.4 Å². The molecule has 4 heterocycles. The van der Waals surface area contributed by atoms with Gasteiger partial charge >= 0.3 is 0 Å². The summed E-state index contributed by atoms with van der Waals surface area (Å²) >= 11 is 0.755. The Hall–Kier alpha value is -3.24. The van der Waals surface area contributed by atoms with E-state index in [-0.39, 0.29) is 22.4 Å². The van der Waals surface area contributed by atoms with Gasteiger partial charge in [0.2, 0.25) is 10.0 Å². The summed E-state index contributed by atoms with van der Waals surface area (Å²) in [4.78, 5) is 1.82. The molecular weight excluding hydrogens is 548 g/mol. The van der Waals surface area contributed by atoms with Crippen molar-refractivity contribution in [1.82, 2.24) is 29.9 Å². The molecule has 15 heteroatoms. The molecule has 204 valence electrons. The van der Waals surface area contributed by atoms with Crippen molar-refractivity contribution in [3.63, 3.8) is 0 Å². The summed E-state index contributed by atoms with van der Waals surface area (Å²) in [6.07, 6.45) is -0.232. The van der Waals surface area contributed by atoms with Gasteiger partial charge in [-0.05, 0) is 45.6 Å². The Labute approximate surface area is 227 Å². The maximum atomic E-state index is 13.6. The van der Waals surface area contributed by atoms with Gasteiger partial charge < -0.3 is 4.90 Å². The predicted molar refractivity (Wildman–Crippen MR) is 138 cm³/mol. The Bertz CT molecular complexity index is 1660. The van der Waals surface area contributed by atoms with E-state index in [2.05, 4.69) is 26.3 Å². The standard InChI is InChI=1S/C24H25F2N9O2S2/c1-23(2)12-34(10-14(9-27)29-23)17-8-15(39(36,37)33-24(11-28)5-6-24)7-16-18(19(13-3-4-13)32-35(16)17)21-30-31-22(38-21)20(25)26/h7-8,13-14,20,29,33H,3-6,10,12H2,1-2H3. The average molecular weight is 574 g/mol. The van der Waals surface area contributed by atoms with Crippen molar-refractivity contribution in [1.29, 1.82) is 10.5 Å². The van der Waals surface area contributed by atoms with Gasteiger partial charge in [-0.25, -0.2) is 21.7 Å². The molecule has 3 fully saturated rings. The molecule has 11 nitrogen and oxygen atoms in total. The van der Waals surface area contributed by atoms with Crippen LogP contribution in [0, 0.1) is 22.7 Å². The molecule has 1 atom stereocenters. The number of rotatable bonds is 7. The fourth-order valence-electron chi connectivity index (χ4n) is 5.04. The molecule has 3 aromatic rings. The molecule has 1 aliphatic heterocycles. The summed E-state index contributed by atoms with van der Waals surface area (Å²) in [5, 5.41) is 34.8. The summed E-state index contributed by atoms with van der Waals surface area (Å²) < 4.78 is 58.1. The highest BCUT2D eigenvalue weighted by Gasteiger charge is 2.47. The number of pyridine rings is 1. The molecule has 0 radical (unpaired) electrons. The molecule has 39 heavy (non-hydrogen) atoms. The first kappa shape index (κ1) is 26.0. The molecule has 2 aliphatic carbocycles. The molecule has 2 saturated carbocycles. The van der Waals surface area contributed by atoms with E-state index in [4.69, 9.17) is 5.10 Å². The fraction of sp³-hybridized carbons (Fsp3) is 0.542. The second-order valence-electron chi connectivity index (χ2n) is 11.0. The highest BCUT2D eigenvalue weighted by Crippen LogP contribution is 2.47. The topological polar surface area (TPSA) is 152 Å². The minimum absolute atomic E-state index is 0.0848. The van der Waals surface area contributed by atoms with E-state index in [9.17, 15) is 27.7 Å².